The molecular formula is C13H19BrN4O. The number of hydrogen-bond acceptors (Lipinski definition) is 4. The predicted molar refractivity (Wildman–Crippen MR) is 78.9 cm³/mol. The van der Waals surface area contributed by atoms with Gasteiger partial charge in [-0.2, -0.15) is 0 Å². The molecule has 5 nitrogen and oxygen atoms in total. The summed E-state index contributed by atoms with van der Waals surface area (Å²) in [5, 5.41) is 3.05. The van der Waals surface area contributed by atoms with Crippen LogP contribution in [0.15, 0.2) is 16.7 Å². The lowest BCUT2D eigenvalue weighted by atomic mass is 9.98. The van der Waals surface area contributed by atoms with E-state index in [2.05, 4.69) is 45.1 Å². The van der Waals surface area contributed by atoms with E-state index in [1.807, 2.05) is 0 Å². The van der Waals surface area contributed by atoms with Crippen LogP contribution in [0.3, 0.4) is 0 Å². The van der Waals surface area contributed by atoms with E-state index in [-0.39, 0.29) is 17.8 Å². The Morgan fingerprint density at radius 2 is 2.37 bits per heavy atom. The molecule has 1 fully saturated rings. The molecule has 1 aliphatic rings. The molecule has 1 aromatic rings. The first-order chi connectivity index (χ1) is 8.97. The number of halogens is 1. The van der Waals surface area contributed by atoms with Crippen molar-refractivity contribution in [1.82, 2.24) is 15.2 Å². The average molecular weight is 327 g/mol. The van der Waals surface area contributed by atoms with E-state index in [1.54, 1.807) is 12.3 Å². The van der Waals surface area contributed by atoms with Gasteiger partial charge in [-0.3, -0.25) is 4.79 Å². The second-order valence-corrected chi connectivity index (χ2v) is 6.03. The van der Waals surface area contributed by atoms with Gasteiger partial charge in [0.1, 0.15) is 5.82 Å². The fourth-order valence-electron chi connectivity index (χ4n) is 2.32. The van der Waals surface area contributed by atoms with Crippen LogP contribution in [-0.2, 0) is 0 Å². The lowest BCUT2D eigenvalue weighted by Gasteiger charge is -2.35. The molecule has 6 heteroatoms. The van der Waals surface area contributed by atoms with E-state index in [9.17, 15) is 4.79 Å². The van der Waals surface area contributed by atoms with Gasteiger partial charge in [-0.1, -0.05) is 0 Å². The lowest BCUT2D eigenvalue weighted by Crippen LogP contribution is -2.47. The number of aromatic nitrogens is 1. The quantitative estimate of drug-likeness (QED) is 0.866. The third-order valence-corrected chi connectivity index (χ3v) is 4.11. The monoisotopic (exact) mass is 326 g/mol. The van der Waals surface area contributed by atoms with Crippen LogP contribution in [-0.4, -0.2) is 41.5 Å². The van der Waals surface area contributed by atoms with E-state index in [0.717, 1.165) is 23.9 Å². The molecule has 19 heavy (non-hydrogen) atoms. The number of rotatable bonds is 2. The molecule has 1 amide bonds. The predicted octanol–water partition coefficient (Wildman–Crippen LogP) is 1.64. The normalized spacial score (nSPS) is 24.2. The smallest absolute Gasteiger partial charge is 0.255 e. The van der Waals surface area contributed by atoms with Gasteiger partial charge in [0.25, 0.3) is 5.91 Å². The highest BCUT2D eigenvalue weighted by Gasteiger charge is 2.24. The molecule has 0 aromatic carbocycles. The molecule has 2 atom stereocenters. The fourth-order valence-corrected chi connectivity index (χ4v) is 2.65. The van der Waals surface area contributed by atoms with Gasteiger partial charge >= 0.3 is 0 Å². The van der Waals surface area contributed by atoms with Crippen LogP contribution < -0.4 is 11.1 Å². The van der Waals surface area contributed by atoms with Crippen molar-refractivity contribution < 1.29 is 4.79 Å². The first-order valence-electron chi connectivity index (χ1n) is 6.39. The van der Waals surface area contributed by atoms with Crippen molar-refractivity contribution in [2.75, 3.05) is 19.3 Å². The van der Waals surface area contributed by atoms with Gasteiger partial charge in [0.15, 0.2) is 0 Å². The van der Waals surface area contributed by atoms with Crippen LogP contribution in [0.2, 0.25) is 0 Å². The van der Waals surface area contributed by atoms with Crippen LogP contribution >= 0.6 is 15.9 Å². The summed E-state index contributed by atoms with van der Waals surface area (Å²) in [6.07, 6.45) is 3.52. The molecule has 0 saturated carbocycles. The van der Waals surface area contributed by atoms with Gasteiger partial charge in [0.05, 0.1) is 5.56 Å². The number of anilines is 1. The van der Waals surface area contributed by atoms with E-state index < -0.39 is 0 Å². The van der Waals surface area contributed by atoms with Gasteiger partial charge in [0.2, 0.25) is 0 Å². The second-order valence-electron chi connectivity index (χ2n) is 5.11. The Morgan fingerprint density at radius 1 is 1.63 bits per heavy atom. The van der Waals surface area contributed by atoms with Crippen molar-refractivity contribution in [2.45, 2.75) is 31.8 Å². The number of carbonyl (C=O) groups excluding carboxylic acids is 1. The van der Waals surface area contributed by atoms with Crippen LogP contribution in [0.4, 0.5) is 5.82 Å². The number of nitrogen functional groups attached to an aromatic ring is 1. The number of nitrogens with one attached hydrogen (secondary N) is 1. The van der Waals surface area contributed by atoms with Gasteiger partial charge in [-0.25, -0.2) is 4.98 Å². The van der Waals surface area contributed by atoms with E-state index in [0.29, 0.717) is 11.6 Å². The number of hydrogen-bond donors (Lipinski definition) is 2. The summed E-state index contributed by atoms with van der Waals surface area (Å²) >= 11 is 3.30. The molecular weight excluding hydrogens is 308 g/mol. The minimum Gasteiger partial charge on any atom is -0.383 e. The Labute approximate surface area is 121 Å². The minimum atomic E-state index is -0.145. The van der Waals surface area contributed by atoms with Crippen molar-refractivity contribution in [3.05, 3.63) is 22.3 Å². The summed E-state index contributed by atoms with van der Waals surface area (Å²) in [4.78, 5) is 18.5. The number of nitrogens with two attached hydrogens (primary N) is 1. The van der Waals surface area contributed by atoms with Gasteiger partial charge in [0, 0.05) is 29.3 Å². The molecule has 0 spiro atoms. The molecule has 2 rings (SSSR count). The zero-order chi connectivity index (χ0) is 14.0. The highest BCUT2D eigenvalue weighted by atomic mass is 79.9. The molecule has 2 heterocycles. The lowest BCUT2D eigenvalue weighted by molar-refractivity contribution is 0.0897. The molecule has 3 N–H and O–H groups in total. The largest absolute Gasteiger partial charge is 0.383 e. The Bertz CT molecular complexity index is 480. The van der Waals surface area contributed by atoms with E-state index in [4.69, 9.17) is 5.73 Å². The van der Waals surface area contributed by atoms with E-state index >= 15 is 0 Å². The molecule has 0 radical (unpaired) electrons. The Morgan fingerprint density at radius 3 is 3.05 bits per heavy atom. The zero-order valence-electron chi connectivity index (χ0n) is 11.2. The van der Waals surface area contributed by atoms with Gasteiger partial charge < -0.3 is 16.0 Å². The van der Waals surface area contributed by atoms with E-state index in [1.165, 1.54) is 0 Å². The maximum absolute atomic E-state index is 12.2. The van der Waals surface area contributed by atoms with Gasteiger partial charge in [-0.05, 0) is 48.8 Å². The summed E-state index contributed by atoms with van der Waals surface area (Å²) in [6, 6.07) is 2.39. The summed E-state index contributed by atoms with van der Waals surface area (Å²) in [5.74, 6) is 0.120. The molecule has 1 aromatic heterocycles. The Hall–Kier alpha value is -1.14. The maximum atomic E-state index is 12.2. The standard InChI is InChI=1S/C13H19BrN4O/c1-8-5-10(3-4-18(8)2)17-13(19)11-6-9(14)7-16-12(11)15/h6-8,10H,3-5H2,1-2H3,(H2,15,16)(H,17,19). The SMILES string of the molecule is CC1CC(NC(=O)c2cc(Br)cnc2N)CCN1C. The van der Waals surface area contributed by atoms with Crippen molar-refractivity contribution in [3.63, 3.8) is 0 Å². The summed E-state index contributed by atoms with van der Waals surface area (Å²) in [6.45, 7) is 3.17. The van der Waals surface area contributed by atoms with Gasteiger partial charge in [-0.15, -0.1) is 0 Å². The number of carbonyl (C=O) groups is 1. The number of likely N-dealkylation sites (tertiary alicyclic amines) is 1. The van der Waals surface area contributed by atoms with Crippen LogP contribution in [0.25, 0.3) is 0 Å². The van der Waals surface area contributed by atoms with Crippen LogP contribution in [0, 0.1) is 0 Å². The second kappa shape index (κ2) is 5.88. The number of piperidine rings is 1. The van der Waals surface area contributed by atoms with Crippen molar-refractivity contribution in [1.29, 1.82) is 0 Å². The highest BCUT2D eigenvalue weighted by Crippen LogP contribution is 2.18. The molecule has 0 aliphatic carbocycles. The minimum absolute atomic E-state index is 0.145. The molecule has 1 aliphatic heterocycles. The first kappa shape index (κ1) is 14.3. The summed E-state index contributed by atoms with van der Waals surface area (Å²) in [5.41, 5.74) is 6.18. The summed E-state index contributed by atoms with van der Waals surface area (Å²) < 4.78 is 0.753. The molecule has 2 unspecified atom stereocenters. The number of amides is 1. The maximum Gasteiger partial charge on any atom is 0.255 e. The third kappa shape index (κ3) is 3.45. The highest BCUT2D eigenvalue weighted by molar-refractivity contribution is 9.10. The molecule has 104 valence electrons. The number of pyridine rings is 1. The Kier molecular flexibility index (Phi) is 4.42. The van der Waals surface area contributed by atoms with Crippen molar-refractivity contribution in [2.24, 2.45) is 0 Å². The number of nitrogens with zero attached hydrogens (tertiary/aromatic N) is 2. The summed E-state index contributed by atoms with van der Waals surface area (Å²) in [7, 11) is 2.11. The third-order valence-electron chi connectivity index (χ3n) is 3.67. The fraction of sp³-hybridized carbons (Fsp3) is 0.538. The van der Waals surface area contributed by atoms with Crippen LogP contribution in [0.1, 0.15) is 30.1 Å². The topological polar surface area (TPSA) is 71.2 Å². The van der Waals surface area contributed by atoms with Crippen LogP contribution in [0.5, 0.6) is 0 Å². The van der Waals surface area contributed by atoms with Crippen molar-refractivity contribution in [3.8, 4) is 0 Å². The molecule has 1 saturated heterocycles. The Balaban J connectivity index is 2.03. The molecule has 0 bridgehead atoms. The average Bonchev–Trinajstić information content (AvgIpc) is 2.36. The van der Waals surface area contributed by atoms with Crippen molar-refractivity contribution >= 4 is 27.7 Å². The first-order valence-corrected chi connectivity index (χ1v) is 7.19. The zero-order valence-corrected chi connectivity index (χ0v) is 12.8.